The van der Waals surface area contributed by atoms with Crippen LogP contribution in [0.2, 0.25) is 0 Å². The minimum atomic E-state index is -0.880. The molecule has 2 rings (SSSR count). The second kappa shape index (κ2) is 4.21. The van der Waals surface area contributed by atoms with Crippen LogP contribution in [0.15, 0.2) is 24.3 Å². The molecule has 0 fully saturated rings. The van der Waals surface area contributed by atoms with Crippen LogP contribution in [-0.2, 0) is 19.2 Å². The van der Waals surface area contributed by atoms with Gasteiger partial charge in [-0.05, 0) is 5.92 Å². The van der Waals surface area contributed by atoms with Crippen molar-refractivity contribution in [1.29, 1.82) is 0 Å². The van der Waals surface area contributed by atoms with Crippen molar-refractivity contribution in [2.24, 2.45) is 5.92 Å². The van der Waals surface area contributed by atoms with Crippen molar-refractivity contribution in [3.05, 3.63) is 24.3 Å². The van der Waals surface area contributed by atoms with Gasteiger partial charge in [0.1, 0.15) is 6.17 Å². The van der Waals surface area contributed by atoms with Crippen molar-refractivity contribution < 1.29 is 19.2 Å². The lowest BCUT2D eigenvalue weighted by atomic mass is 10.1. The summed E-state index contributed by atoms with van der Waals surface area (Å²) in [5.74, 6) is -2.28. The van der Waals surface area contributed by atoms with Gasteiger partial charge in [-0.15, -0.1) is 0 Å². The van der Waals surface area contributed by atoms with E-state index in [1.165, 1.54) is 0 Å². The van der Waals surface area contributed by atoms with Crippen LogP contribution < -0.4 is 0 Å². The molecule has 0 aromatic carbocycles. The quantitative estimate of drug-likeness (QED) is 0.649. The van der Waals surface area contributed by atoms with Gasteiger partial charge in [0.25, 0.3) is 23.6 Å². The Balaban J connectivity index is 2.36. The molecule has 0 unspecified atom stereocenters. The lowest BCUT2D eigenvalue weighted by Crippen LogP contribution is -2.55. The Hall–Kier alpha value is -2.24. The smallest absolute Gasteiger partial charge is 0.255 e. The molecule has 6 heteroatoms. The average Bonchev–Trinajstić information content (AvgIpc) is 2.78. The van der Waals surface area contributed by atoms with Crippen molar-refractivity contribution in [3.63, 3.8) is 0 Å². The first-order valence-electron chi connectivity index (χ1n) is 5.54. The Bertz CT molecular complexity index is 426. The monoisotopic (exact) mass is 248 g/mol. The molecule has 0 spiro atoms. The van der Waals surface area contributed by atoms with E-state index in [1.807, 2.05) is 0 Å². The highest BCUT2D eigenvalue weighted by Gasteiger charge is 2.42. The molecule has 0 aromatic rings. The van der Waals surface area contributed by atoms with E-state index in [9.17, 15) is 19.2 Å². The van der Waals surface area contributed by atoms with Crippen LogP contribution in [0.5, 0.6) is 0 Å². The fraction of sp³-hybridized carbons (Fsp3) is 0.333. The summed E-state index contributed by atoms with van der Waals surface area (Å²) in [6, 6.07) is 0. The second-order valence-electron chi connectivity index (χ2n) is 4.42. The van der Waals surface area contributed by atoms with E-state index >= 15 is 0 Å². The maximum Gasteiger partial charge on any atom is 0.255 e. The largest absolute Gasteiger partial charge is 0.269 e. The highest BCUT2D eigenvalue weighted by molar-refractivity contribution is 6.16. The van der Waals surface area contributed by atoms with Crippen molar-refractivity contribution in [2.75, 3.05) is 0 Å². The number of hydrogen-bond donors (Lipinski definition) is 0. The summed E-state index contributed by atoms with van der Waals surface area (Å²) in [7, 11) is 0. The molecule has 0 aliphatic carbocycles. The summed E-state index contributed by atoms with van der Waals surface area (Å²) in [5.41, 5.74) is 0. The molecule has 0 aromatic heterocycles. The topological polar surface area (TPSA) is 74.8 Å². The highest BCUT2D eigenvalue weighted by atomic mass is 16.2. The van der Waals surface area contributed by atoms with Crippen LogP contribution in [0.4, 0.5) is 0 Å². The number of amides is 4. The summed E-state index contributed by atoms with van der Waals surface area (Å²) in [6.45, 7) is 3.48. The van der Waals surface area contributed by atoms with Crippen molar-refractivity contribution in [1.82, 2.24) is 9.80 Å². The minimum Gasteiger partial charge on any atom is -0.269 e. The molecule has 0 saturated carbocycles. The maximum absolute atomic E-state index is 11.6. The van der Waals surface area contributed by atoms with Crippen molar-refractivity contribution >= 4 is 23.6 Å². The van der Waals surface area contributed by atoms with Crippen molar-refractivity contribution in [3.8, 4) is 0 Å². The van der Waals surface area contributed by atoms with E-state index in [0.29, 0.717) is 0 Å². The molecule has 2 aliphatic heterocycles. The summed E-state index contributed by atoms with van der Waals surface area (Å²) >= 11 is 0. The molecule has 18 heavy (non-hydrogen) atoms. The molecule has 2 aliphatic rings. The molecule has 6 nitrogen and oxygen atoms in total. The predicted octanol–water partition coefficient (Wildman–Crippen LogP) is -0.182. The van der Waals surface area contributed by atoms with Gasteiger partial charge in [-0.25, -0.2) is 0 Å². The van der Waals surface area contributed by atoms with Crippen LogP contribution in [0.1, 0.15) is 13.8 Å². The van der Waals surface area contributed by atoms with Gasteiger partial charge in [0.15, 0.2) is 0 Å². The van der Waals surface area contributed by atoms with Crippen molar-refractivity contribution in [2.45, 2.75) is 20.0 Å². The van der Waals surface area contributed by atoms with Crippen LogP contribution in [0.3, 0.4) is 0 Å². The zero-order chi connectivity index (χ0) is 13.4. The van der Waals surface area contributed by atoms with Gasteiger partial charge >= 0.3 is 0 Å². The number of carbonyl (C=O) groups is 4. The number of nitrogens with zero attached hydrogens (tertiary/aromatic N) is 2. The molecule has 0 radical (unpaired) electrons. The Morgan fingerprint density at radius 1 is 0.722 bits per heavy atom. The molecule has 0 bridgehead atoms. The van der Waals surface area contributed by atoms with E-state index in [4.69, 9.17) is 0 Å². The zero-order valence-corrected chi connectivity index (χ0v) is 9.99. The lowest BCUT2D eigenvalue weighted by Gasteiger charge is -2.35. The molecule has 4 amide bonds. The molecular formula is C12H12N2O4. The normalized spacial score (nSPS) is 19.3. The van der Waals surface area contributed by atoms with E-state index in [0.717, 1.165) is 34.1 Å². The SMILES string of the molecule is CC(C)C(N1C(=O)C=CC1=O)N1C(=O)C=CC1=O. The molecule has 0 N–H and O–H groups in total. The van der Waals surface area contributed by atoms with Gasteiger partial charge in [-0.1, -0.05) is 13.8 Å². The van der Waals surface area contributed by atoms with E-state index in [1.54, 1.807) is 13.8 Å². The Labute approximate surface area is 104 Å². The molecular weight excluding hydrogens is 236 g/mol. The molecule has 94 valence electrons. The Kier molecular flexibility index (Phi) is 2.86. The third-order valence-electron chi connectivity index (χ3n) is 2.81. The number of imide groups is 2. The number of carbonyl (C=O) groups excluding carboxylic acids is 4. The summed E-state index contributed by atoms with van der Waals surface area (Å²) in [5, 5.41) is 0. The minimum absolute atomic E-state index is 0.245. The predicted molar refractivity (Wildman–Crippen MR) is 60.6 cm³/mol. The molecule has 2 heterocycles. The first kappa shape index (κ1) is 12.2. The maximum atomic E-state index is 11.6. The fourth-order valence-electron chi connectivity index (χ4n) is 2.06. The van der Waals surface area contributed by atoms with Gasteiger partial charge in [-0.2, -0.15) is 0 Å². The lowest BCUT2D eigenvalue weighted by molar-refractivity contribution is -0.154. The first-order valence-corrected chi connectivity index (χ1v) is 5.54. The molecule has 0 saturated heterocycles. The van der Waals surface area contributed by atoms with E-state index in [-0.39, 0.29) is 5.92 Å². The Morgan fingerprint density at radius 3 is 1.22 bits per heavy atom. The van der Waals surface area contributed by atoms with E-state index in [2.05, 4.69) is 0 Å². The van der Waals surface area contributed by atoms with Crippen LogP contribution in [0, 0.1) is 5.92 Å². The van der Waals surface area contributed by atoms with Gasteiger partial charge < -0.3 is 0 Å². The summed E-state index contributed by atoms with van der Waals surface area (Å²) < 4.78 is 0. The van der Waals surface area contributed by atoms with Crippen LogP contribution in [-0.4, -0.2) is 39.6 Å². The second-order valence-corrected chi connectivity index (χ2v) is 4.42. The zero-order valence-electron chi connectivity index (χ0n) is 9.99. The van der Waals surface area contributed by atoms with Crippen LogP contribution >= 0.6 is 0 Å². The summed E-state index contributed by atoms with van der Waals surface area (Å²) in [6.07, 6.45) is 3.66. The highest BCUT2D eigenvalue weighted by Crippen LogP contribution is 2.23. The standard InChI is InChI=1S/C12H12N2O4/c1-7(2)12(13-8(15)3-4-9(13)16)14-10(17)5-6-11(14)18/h3-7,12H,1-2H3. The third-order valence-corrected chi connectivity index (χ3v) is 2.81. The fourth-order valence-corrected chi connectivity index (χ4v) is 2.06. The van der Waals surface area contributed by atoms with Gasteiger partial charge in [0.05, 0.1) is 0 Å². The van der Waals surface area contributed by atoms with E-state index < -0.39 is 29.8 Å². The van der Waals surface area contributed by atoms with Crippen LogP contribution in [0.25, 0.3) is 0 Å². The molecule has 0 atom stereocenters. The van der Waals surface area contributed by atoms with Gasteiger partial charge in [0.2, 0.25) is 0 Å². The summed E-state index contributed by atoms with van der Waals surface area (Å²) in [4.78, 5) is 48.5. The van der Waals surface area contributed by atoms with Gasteiger partial charge in [-0.3, -0.25) is 29.0 Å². The number of hydrogen-bond acceptors (Lipinski definition) is 4. The number of rotatable bonds is 3. The van der Waals surface area contributed by atoms with Gasteiger partial charge in [0, 0.05) is 24.3 Å². The average molecular weight is 248 g/mol. The first-order chi connectivity index (χ1) is 8.43. The Morgan fingerprint density at radius 2 is 1.00 bits per heavy atom. The third kappa shape index (κ3) is 1.75.